The predicted octanol–water partition coefficient (Wildman–Crippen LogP) is 2.21. The standard InChI is InChI=1S/C10H16BrNO3S2/c1-3-12(5-4-6-13)17(14,15)9-7-8(2)10(11)16-9/h7,13H,3-6H2,1-2H3. The van der Waals surface area contributed by atoms with Crippen LogP contribution in [0.15, 0.2) is 14.1 Å². The molecule has 0 saturated heterocycles. The molecule has 0 aliphatic heterocycles. The van der Waals surface area contributed by atoms with Gasteiger partial charge in [0.1, 0.15) is 4.21 Å². The second kappa shape index (κ2) is 6.29. The lowest BCUT2D eigenvalue weighted by molar-refractivity contribution is 0.271. The fraction of sp³-hybridized carbons (Fsp3) is 0.600. The molecule has 0 atom stereocenters. The number of aliphatic hydroxyl groups is 1. The van der Waals surface area contributed by atoms with E-state index >= 15 is 0 Å². The maximum absolute atomic E-state index is 12.3. The second-order valence-corrected chi connectivity index (χ2v) is 8.13. The van der Waals surface area contributed by atoms with E-state index in [-0.39, 0.29) is 6.61 Å². The van der Waals surface area contributed by atoms with E-state index in [1.54, 1.807) is 13.0 Å². The van der Waals surface area contributed by atoms with Crippen molar-refractivity contribution in [3.8, 4) is 0 Å². The number of halogens is 1. The van der Waals surface area contributed by atoms with Crippen molar-refractivity contribution >= 4 is 37.3 Å². The number of hydrogen-bond donors (Lipinski definition) is 1. The van der Waals surface area contributed by atoms with E-state index in [1.165, 1.54) is 15.6 Å². The molecule has 17 heavy (non-hydrogen) atoms. The minimum absolute atomic E-state index is 0.000811. The van der Waals surface area contributed by atoms with E-state index in [4.69, 9.17) is 5.11 Å². The first-order valence-electron chi connectivity index (χ1n) is 5.30. The Bertz CT molecular complexity index is 450. The first kappa shape index (κ1) is 15.1. The van der Waals surface area contributed by atoms with E-state index in [0.717, 1.165) is 9.35 Å². The maximum atomic E-state index is 12.3. The number of rotatable bonds is 6. The van der Waals surface area contributed by atoms with E-state index < -0.39 is 10.0 Å². The Labute approximate surface area is 114 Å². The van der Waals surface area contributed by atoms with Gasteiger partial charge in [-0.15, -0.1) is 11.3 Å². The van der Waals surface area contributed by atoms with Gasteiger partial charge in [0.2, 0.25) is 0 Å². The Balaban J connectivity index is 2.99. The first-order valence-corrected chi connectivity index (χ1v) is 8.35. The van der Waals surface area contributed by atoms with E-state index in [0.29, 0.717) is 23.7 Å². The number of aliphatic hydroxyl groups excluding tert-OH is 1. The van der Waals surface area contributed by atoms with Crippen LogP contribution in [0.25, 0.3) is 0 Å². The molecule has 0 saturated carbocycles. The van der Waals surface area contributed by atoms with Crippen LogP contribution >= 0.6 is 27.3 Å². The van der Waals surface area contributed by atoms with Gasteiger partial charge in [0.15, 0.2) is 0 Å². The summed E-state index contributed by atoms with van der Waals surface area (Å²) in [6, 6.07) is 1.67. The highest BCUT2D eigenvalue weighted by Gasteiger charge is 2.25. The molecule has 0 fully saturated rings. The van der Waals surface area contributed by atoms with Crippen LogP contribution in [0.3, 0.4) is 0 Å². The van der Waals surface area contributed by atoms with Gasteiger partial charge in [-0.05, 0) is 40.9 Å². The van der Waals surface area contributed by atoms with Gasteiger partial charge in [-0.3, -0.25) is 0 Å². The molecule has 0 aliphatic rings. The number of nitrogens with zero attached hydrogens (tertiary/aromatic N) is 1. The molecule has 1 aromatic rings. The largest absolute Gasteiger partial charge is 0.396 e. The normalized spacial score (nSPS) is 12.3. The van der Waals surface area contributed by atoms with E-state index in [1.807, 2.05) is 6.92 Å². The summed E-state index contributed by atoms with van der Waals surface area (Å²) in [6.07, 6.45) is 0.457. The first-order chi connectivity index (χ1) is 7.93. The molecule has 1 aromatic heterocycles. The van der Waals surface area contributed by atoms with Gasteiger partial charge in [0.05, 0.1) is 3.79 Å². The van der Waals surface area contributed by atoms with Crippen molar-refractivity contribution in [1.82, 2.24) is 4.31 Å². The summed E-state index contributed by atoms with van der Waals surface area (Å²) in [7, 11) is -3.41. The average Bonchev–Trinajstić information content (AvgIpc) is 2.61. The van der Waals surface area contributed by atoms with Crippen LogP contribution in [0.2, 0.25) is 0 Å². The molecule has 4 nitrogen and oxygen atoms in total. The number of aryl methyl sites for hydroxylation is 1. The van der Waals surface area contributed by atoms with Crippen molar-refractivity contribution in [2.24, 2.45) is 0 Å². The third-order valence-electron chi connectivity index (χ3n) is 2.35. The van der Waals surface area contributed by atoms with Crippen molar-refractivity contribution in [1.29, 1.82) is 0 Å². The summed E-state index contributed by atoms with van der Waals surface area (Å²) in [5.41, 5.74) is 0.923. The Morgan fingerprint density at radius 1 is 1.53 bits per heavy atom. The van der Waals surface area contributed by atoms with Gasteiger partial charge >= 0.3 is 0 Å². The van der Waals surface area contributed by atoms with Gasteiger partial charge < -0.3 is 5.11 Å². The Morgan fingerprint density at radius 2 is 2.18 bits per heavy atom. The molecule has 1 heterocycles. The number of sulfonamides is 1. The molecule has 0 unspecified atom stereocenters. The van der Waals surface area contributed by atoms with Gasteiger partial charge in [-0.25, -0.2) is 8.42 Å². The van der Waals surface area contributed by atoms with Crippen molar-refractivity contribution in [2.45, 2.75) is 24.5 Å². The average molecular weight is 342 g/mol. The molecular weight excluding hydrogens is 326 g/mol. The quantitative estimate of drug-likeness (QED) is 0.862. The summed E-state index contributed by atoms with van der Waals surface area (Å²) < 4.78 is 27.1. The van der Waals surface area contributed by atoms with Crippen LogP contribution in [0, 0.1) is 6.92 Å². The highest BCUT2D eigenvalue weighted by Crippen LogP contribution is 2.32. The summed E-state index contributed by atoms with van der Waals surface area (Å²) in [4.78, 5) is 0. The molecule has 0 aromatic carbocycles. The lowest BCUT2D eigenvalue weighted by atomic mass is 10.4. The fourth-order valence-corrected chi connectivity index (χ4v) is 5.25. The van der Waals surface area contributed by atoms with Crippen molar-refractivity contribution in [2.75, 3.05) is 19.7 Å². The lowest BCUT2D eigenvalue weighted by Gasteiger charge is -2.18. The monoisotopic (exact) mass is 341 g/mol. The highest BCUT2D eigenvalue weighted by molar-refractivity contribution is 9.11. The van der Waals surface area contributed by atoms with Gasteiger partial charge in [-0.1, -0.05) is 6.92 Å². The minimum atomic E-state index is -3.41. The molecule has 1 rings (SSSR count). The van der Waals surface area contributed by atoms with E-state index in [2.05, 4.69) is 15.9 Å². The van der Waals surface area contributed by atoms with Crippen LogP contribution in [0.4, 0.5) is 0 Å². The van der Waals surface area contributed by atoms with Crippen LogP contribution in [0.5, 0.6) is 0 Å². The number of hydrogen-bond acceptors (Lipinski definition) is 4. The van der Waals surface area contributed by atoms with Gasteiger partial charge in [-0.2, -0.15) is 4.31 Å². The SMILES string of the molecule is CCN(CCCO)S(=O)(=O)c1cc(C)c(Br)s1. The summed E-state index contributed by atoms with van der Waals surface area (Å²) in [5, 5.41) is 8.77. The van der Waals surface area contributed by atoms with Crippen LogP contribution in [-0.4, -0.2) is 37.5 Å². The zero-order chi connectivity index (χ0) is 13.1. The number of thiophene rings is 1. The smallest absolute Gasteiger partial charge is 0.252 e. The van der Waals surface area contributed by atoms with Gasteiger partial charge in [0.25, 0.3) is 10.0 Å². The Morgan fingerprint density at radius 3 is 2.59 bits per heavy atom. The lowest BCUT2D eigenvalue weighted by Crippen LogP contribution is -2.31. The summed E-state index contributed by atoms with van der Waals surface area (Å²) in [5.74, 6) is 0. The molecule has 0 amide bonds. The minimum Gasteiger partial charge on any atom is -0.396 e. The summed E-state index contributed by atoms with van der Waals surface area (Å²) in [6.45, 7) is 4.42. The molecule has 7 heteroatoms. The fourth-order valence-electron chi connectivity index (χ4n) is 1.38. The highest BCUT2D eigenvalue weighted by atomic mass is 79.9. The van der Waals surface area contributed by atoms with E-state index in [9.17, 15) is 8.42 Å². The molecule has 0 radical (unpaired) electrons. The van der Waals surface area contributed by atoms with Crippen LogP contribution in [0.1, 0.15) is 18.9 Å². The van der Waals surface area contributed by atoms with Gasteiger partial charge in [0, 0.05) is 19.7 Å². The summed E-state index contributed by atoms with van der Waals surface area (Å²) >= 11 is 4.55. The molecular formula is C10H16BrNO3S2. The van der Waals surface area contributed by atoms with Crippen molar-refractivity contribution < 1.29 is 13.5 Å². The molecule has 1 N–H and O–H groups in total. The molecule has 0 bridgehead atoms. The Hall–Kier alpha value is 0.0500. The molecule has 0 aliphatic carbocycles. The van der Waals surface area contributed by atoms with Crippen LogP contribution < -0.4 is 0 Å². The molecule has 0 spiro atoms. The third kappa shape index (κ3) is 3.51. The zero-order valence-corrected chi connectivity index (χ0v) is 13.0. The van der Waals surface area contributed by atoms with Crippen LogP contribution in [-0.2, 0) is 10.0 Å². The van der Waals surface area contributed by atoms with Crippen molar-refractivity contribution in [3.63, 3.8) is 0 Å². The van der Waals surface area contributed by atoms with Crippen molar-refractivity contribution in [3.05, 3.63) is 15.4 Å². The third-order valence-corrected chi connectivity index (χ3v) is 6.91. The Kier molecular flexibility index (Phi) is 5.59. The molecule has 98 valence electrons. The predicted molar refractivity (Wildman–Crippen MR) is 72.9 cm³/mol. The zero-order valence-electron chi connectivity index (χ0n) is 9.81. The topological polar surface area (TPSA) is 57.6 Å². The second-order valence-electron chi connectivity index (χ2n) is 3.60. The maximum Gasteiger partial charge on any atom is 0.252 e.